The lowest BCUT2D eigenvalue weighted by Gasteiger charge is -2.18. The van der Waals surface area contributed by atoms with Crippen molar-refractivity contribution in [2.24, 2.45) is 5.73 Å². The van der Waals surface area contributed by atoms with Gasteiger partial charge in [0.05, 0.1) is 18.3 Å². The van der Waals surface area contributed by atoms with Crippen LogP contribution in [0.4, 0.5) is 5.69 Å². The number of pyridine rings is 1. The first-order chi connectivity index (χ1) is 11.8. The van der Waals surface area contributed by atoms with Crippen LogP contribution in [0.1, 0.15) is 21.6 Å². The number of fused-ring (bicyclic) bond motifs is 1. The van der Waals surface area contributed by atoms with Crippen LogP contribution in [0.2, 0.25) is 0 Å². The van der Waals surface area contributed by atoms with Crippen LogP contribution in [0, 0.1) is 13.8 Å². The Morgan fingerprint density at radius 3 is 2.52 bits per heavy atom. The Hall–Kier alpha value is -3.28. The number of ether oxygens (including phenoxy) is 1. The van der Waals surface area contributed by atoms with Gasteiger partial charge in [0, 0.05) is 10.9 Å². The summed E-state index contributed by atoms with van der Waals surface area (Å²) in [7, 11) is 1.57. The number of phenolic OH excluding ortho intramolecular Hbond substituents is 1. The van der Waals surface area contributed by atoms with Crippen LogP contribution < -0.4 is 16.2 Å². The first-order valence-electron chi connectivity index (χ1n) is 7.71. The highest BCUT2D eigenvalue weighted by molar-refractivity contribution is 6.09. The van der Waals surface area contributed by atoms with Crippen LogP contribution in [0.25, 0.3) is 22.0 Å². The van der Waals surface area contributed by atoms with Crippen LogP contribution in [0.3, 0.4) is 0 Å². The number of anilines is 1. The van der Waals surface area contributed by atoms with E-state index in [9.17, 15) is 9.90 Å². The van der Waals surface area contributed by atoms with E-state index in [0.717, 1.165) is 16.5 Å². The summed E-state index contributed by atoms with van der Waals surface area (Å²) in [5.74, 6) is 0.0812. The number of hydrogen-bond donors (Lipinski definition) is 3. The van der Waals surface area contributed by atoms with Gasteiger partial charge in [-0.05, 0) is 54.8 Å². The van der Waals surface area contributed by atoms with Gasteiger partial charge < -0.3 is 21.3 Å². The molecule has 0 saturated heterocycles. The summed E-state index contributed by atoms with van der Waals surface area (Å²) < 4.78 is 5.31. The van der Waals surface area contributed by atoms with E-state index in [4.69, 9.17) is 16.2 Å². The number of methoxy groups -OCH3 is 1. The summed E-state index contributed by atoms with van der Waals surface area (Å²) in [5, 5.41) is 10.9. The molecule has 128 valence electrons. The topological polar surface area (TPSA) is 111 Å². The zero-order chi connectivity index (χ0) is 18.3. The van der Waals surface area contributed by atoms with Crippen molar-refractivity contribution in [2.75, 3.05) is 12.8 Å². The Labute approximate surface area is 145 Å². The fourth-order valence-electron chi connectivity index (χ4n) is 3.06. The Morgan fingerprint density at radius 1 is 1.16 bits per heavy atom. The fraction of sp³-hybridized carbons (Fsp3) is 0.158. The van der Waals surface area contributed by atoms with E-state index < -0.39 is 5.91 Å². The minimum absolute atomic E-state index is 0.00908. The van der Waals surface area contributed by atoms with Gasteiger partial charge >= 0.3 is 0 Å². The van der Waals surface area contributed by atoms with E-state index in [-0.39, 0.29) is 17.1 Å². The predicted octanol–water partition coefficient (Wildman–Crippen LogP) is 2.91. The number of phenols is 1. The van der Waals surface area contributed by atoms with Crippen molar-refractivity contribution in [3.05, 3.63) is 47.2 Å². The number of nitrogens with two attached hydrogens (primary N) is 2. The number of benzene rings is 2. The van der Waals surface area contributed by atoms with Crippen molar-refractivity contribution >= 4 is 22.5 Å². The minimum atomic E-state index is -0.702. The highest BCUT2D eigenvalue weighted by Crippen LogP contribution is 2.41. The maximum absolute atomic E-state index is 11.8. The third-order valence-corrected chi connectivity index (χ3v) is 4.36. The summed E-state index contributed by atoms with van der Waals surface area (Å²) in [6, 6.07) is 8.73. The van der Waals surface area contributed by atoms with Crippen molar-refractivity contribution in [3.8, 4) is 22.6 Å². The molecule has 0 fully saturated rings. The van der Waals surface area contributed by atoms with Crippen molar-refractivity contribution in [1.82, 2.24) is 4.98 Å². The quantitative estimate of drug-likeness (QED) is 0.680. The van der Waals surface area contributed by atoms with E-state index >= 15 is 0 Å². The molecule has 6 heteroatoms. The molecule has 3 rings (SSSR count). The molecule has 2 aromatic carbocycles. The Kier molecular flexibility index (Phi) is 3.96. The van der Waals surface area contributed by atoms with Gasteiger partial charge in [0.15, 0.2) is 5.69 Å². The van der Waals surface area contributed by atoms with Gasteiger partial charge in [-0.1, -0.05) is 6.07 Å². The lowest BCUT2D eigenvalue weighted by atomic mass is 9.90. The molecule has 3 aromatic rings. The molecule has 0 aliphatic heterocycles. The summed E-state index contributed by atoms with van der Waals surface area (Å²) in [5.41, 5.74) is 15.4. The lowest BCUT2D eigenvalue weighted by Crippen LogP contribution is -2.16. The van der Waals surface area contributed by atoms with Crippen molar-refractivity contribution < 1.29 is 14.6 Å². The van der Waals surface area contributed by atoms with Crippen LogP contribution >= 0.6 is 0 Å². The second kappa shape index (κ2) is 5.98. The van der Waals surface area contributed by atoms with Gasteiger partial charge in [-0.25, -0.2) is 4.98 Å². The third kappa shape index (κ3) is 2.61. The molecule has 0 aliphatic carbocycles. The molecule has 0 spiro atoms. The van der Waals surface area contributed by atoms with E-state index in [1.54, 1.807) is 38.3 Å². The molecule has 0 unspecified atom stereocenters. The van der Waals surface area contributed by atoms with Gasteiger partial charge in [-0.15, -0.1) is 0 Å². The van der Waals surface area contributed by atoms with Crippen LogP contribution in [0.5, 0.6) is 11.5 Å². The molecule has 0 bridgehead atoms. The number of nitrogen functional groups attached to an aromatic ring is 1. The molecular weight excluding hydrogens is 318 g/mol. The van der Waals surface area contributed by atoms with Gasteiger partial charge in [0.25, 0.3) is 5.91 Å². The maximum atomic E-state index is 11.8. The van der Waals surface area contributed by atoms with Crippen molar-refractivity contribution in [1.29, 1.82) is 0 Å². The van der Waals surface area contributed by atoms with Crippen molar-refractivity contribution in [3.63, 3.8) is 0 Å². The summed E-state index contributed by atoms with van der Waals surface area (Å²) in [6.07, 6.45) is 0. The van der Waals surface area contributed by atoms with Gasteiger partial charge in [0.2, 0.25) is 0 Å². The zero-order valence-corrected chi connectivity index (χ0v) is 14.3. The van der Waals surface area contributed by atoms with E-state index in [1.165, 1.54) is 0 Å². The standard InChI is InChI=1S/C19H19N3O3/c1-9-4-7-14(23)10(2)15(9)16-12-8-11(25-3)5-6-13(12)22-18(17(16)20)19(21)24/h4-8,23H,20H2,1-3H3,(H2,21,24). The molecule has 1 heterocycles. The average molecular weight is 337 g/mol. The monoisotopic (exact) mass is 337 g/mol. The normalized spacial score (nSPS) is 10.8. The summed E-state index contributed by atoms with van der Waals surface area (Å²) in [4.78, 5) is 16.1. The van der Waals surface area contributed by atoms with Crippen LogP contribution in [-0.2, 0) is 0 Å². The molecule has 1 aromatic heterocycles. The van der Waals surface area contributed by atoms with Crippen molar-refractivity contribution in [2.45, 2.75) is 13.8 Å². The molecule has 0 saturated carbocycles. The highest BCUT2D eigenvalue weighted by atomic mass is 16.5. The van der Waals surface area contributed by atoms with E-state index in [1.807, 2.05) is 13.0 Å². The SMILES string of the molecule is COc1ccc2nc(C(N)=O)c(N)c(-c3c(C)ccc(O)c3C)c2c1. The van der Waals surface area contributed by atoms with E-state index in [2.05, 4.69) is 4.98 Å². The molecule has 6 nitrogen and oxygen atoms in total. The maximum Gasteiger partial charge on any atom is 0.269 e. The van der Waals surface area contributed by atoms with Crippen LogP contribution in [-0.4, -0.2) is 23.1 Å². The number of aryl methyl sites for hydroxylation is 1. The molecule has 5 N–H and O–H groups in total. The first kappa shape index (κ1) is 16.6. The fourth-order valence-corrected chi connectivity index (χ4v) is 3.06. The summed E-state index contributed by atoms with van der Waals surface area (Å²) >= 11 is 0. The Balaban J connectivity index is 2.54. The number of hydrogen-bond acceptors (Lipinski definition) is 5. The number of primary amides is 1. The molecule has 25 heavy (non-hydrogen) atoms. The van der Waals surface area contributed by atoms with Crippen LogP contribution in [0.15, 0.2) is 30.3 Å². The lowest BCUT2D eigenvalue weighted by molar-refractivity contribution is 0.0997. The largest absolute Gasteiger partial charge is 0.508 e. The second-order valence-electron chi connectivity index (χ2n) is 5.90. The highest BCUT2D eigenvalue weighted by Gasteiger charge is 2.21. The molecule has 0 atom stereocenters. The van der Waals surface area contributed by atoms with Gasteiger partial charge in [0.1, 0.15) is 11.5 Å². The molecule has 1 amide bonds. The number of carbonyl (C=O) groups is 1. The first-order valence-corrected chi connectivity index (χ1v) is 7.71. The number of carbonyl (C=O) groups excluding carboxylic acids is 1. The zero-order valence-electron chi connectivity index (χ0n) is 14.3. The second-order valence-corrected chi connectivity index (χ2v) is 5.90. The number of aromatic nitrogens is 1. The third-order valence-electron chi connectivity index (χ3n) is 4.36. The van der Waals surface area contributed by atoms with Gasteiger partial charge in [-0.3, -0.25) is 4.79 Å². The molecule has 0 radical (unpaired) electrons. The predicted molar refractivity (Wildman–Crippen MR) is 97.8 cm³/mol. The summed E-state index contributed by atoms with van der Waals surface area (Å²) in [6.45, 7) is 3.71. The number of aromatic hydroxyl groups is 1. The number of amides is 1. The Bertz CT molecular complexity index is 1010. The van der Waals surface area contributed by atoms with E-state index in [0.29, 0.717) is 22.4 Å². The molecule has 0 aliphatic rings. The number of rotatable bonds is 3. The minimum Gasteiger partial charge on any atom is -0.508 e. The average Bonchev–Trinajstić information content (AvgIpc) is 2.59. The van der Waals surface area contributed by atoms with Gasteiger partial charge in [-0.2, -0.15) is 0 Å². The smallest absolute Gasteiger partial charge is 0.269 e. The molecular formula is C19H19N3O3. The Morgan fingerprint density at radius 2 is 1.88 bits per heavy atom. The number of nitrogens with zero attached hydrogens (tertiary/aromatic N) is 1.